The van der Waals surface area contributed by atoms with Crippen LogP contribution in [0.4, 0.5) is 0 Å². The number of hydrazine groups is 2. The minimum Gasteiger partial charge on any atom is -0.410 e. The number of hydrogen-bond donors (Lipinski definition) is 2. The molecule has 9 heteroatoms. The maximum atomic E-state index is 4.67. The standard InChI is InChI=1S/2C5H12N2S2.Cd/c2*1-3-7(4-2)6-5(8)9;/h2*3-4H2,1-2H3,(H2,6,8,9);/q;;+2/p-2. The topological polar surface area (TPSA) is 30.5 Å². The van der Waals surface area contributed by atoms with Gasteiger partial charge in [-0.25, -0.2) is 10.0 Å². The van der Waals surface area contributed by atoms with Crippen molar-refractivity contribution in [1.29, 1.82) is 0 Å². The molecule has 108 valence electrons. The first-order chi connectivity index (χ1) is 8.40. The normalized spacial score (nSPS) is 9.16. The van der Waals surface area contributed by atoms with Gasteiger partial charge >= 0.3 is 27.3 Å². The van der Waals surface area contributed by atoms with E-state index < -0.39 is 0 Å². The summed E-state index contributed by atoms with van der Waals surface area (Å²) in [5.41, 5.74) is 5.72. The second-order valence-corrected chi connectivity index (χ2v) is 5.29. The van der Waals surface area contributed by atoms with Crippen LogP contribution in [0, 0.1) is 0 Å². The van der Waals surface area contributed by atoms with Crippen LogP contribution in [0.1, 0.15) is 27.7 Å². The molecule has 0 saturated carbocycles. The van der Waals surface area contributed by atoms with Gasteiger partial charge in [0.2, 0.25) is 0 Å². The third-order valence-electron chi connectivity index (χ3n) is 2.03. The maximum absolute atomic E-state index is 4.67. The molecule has 0 rings (SSSR count). The molecule has 0 spiro atoms. The van der Waals surface area contributed by atoms with E-state index in [0.29, 0.717) is 8.64 Å². The van der Waals surface area contributed by atoms with Crippen LogP contribution in [0.5, 0.6) is 0 Å². The summed E-state index contributed by atoms with van der Waals surface area (Å²) >= 11 is 18.7. The summed E-state index contributed by atoms with van der Waals surface area (Å²) < 4.78 is 0.831. The van der Waals surface area contributed by atoms with Gasteiger partial charge in [-0.05, 0) is 8.64 Å². The average molecular weight is 439 g/mol. The molecule has 0 fully saturated rings. The molecule has 0 atom stereocenters. The SMILES string of the molecule is CCN(CC)NC(=S)[S-].CCN(CC)NC(=S)[S-].[Cd+2]. The largest absolute Gasteiger partial charge is 2.00 e. The quantitative estimate of drug-likeness (QED) is 0.278. The predicted molar refractivity (Wildman–Crippen MR) is 92.0 cm³/mol. The van der Waals surface area contributed by atoms with Crippen molar-refractivity contribution in [2.45, 2.75) is 27.7 Å². The van der Waals surface area contributed by atoms with Crippen LogP contribution in [0.15, 0.2) is 0 Å². The van der Waals surface area contributed by atoms with Gasteiger partial charge in [-0.3, -0.25) is 0 Å². The summed E-state index contributed by atoms with van der Waals surface area (Å²) in [5, 5.41) is 3.91. The second-order valence-electron chi connectivity index (χ2n) is 3.14. The van der Waals surface area contributed by atoms with Gasteiger partial charge in [0.25, 0.3) is 0 Å². The fourth-order valence-corrected chi connectivity index (χ4v) is 1.54. The summed E-state index contributed by atoms with van der Waals surface area (Å²) in [6.45, 7) is 11.9. The van der Waals surface area contributed by atoms with Gasteiger partial charge in [-0.1, -0.05) is 27.7 Å². The molecule has 4 nitrogen and oxygen atoms in total. The maximum Gasteiger partial charge on any atom is 2.00 e. The van der Waals surface area contributed by atoms with Crippen LogP contribution < -0.4 is 10.9 Å². The molecule has 0 aromatic rings. The zero-order valence-corrected chi connectivity index (χ0v) is 19.4. The van der Waals surface area contributed by atoms with E-state index in [1.165, 1.54) is 0 Å². The first-order valence-electron chi connectivity index (χ1n) is 5.86. The van der Waals surface area contributed by atoms with Gasteiger partial charge in [-0.15, -0.1) is 0 Å². The summed E-state index contributed by atoms with van der Waals surface area (Å²) in [6, 6.07) is 0. The molecule has 0 radical (unpaired) electrons. The van der Waals surface area contributed by atoms with E-state index in [9.17, 15) is 0 Å². The predicted octanol–water partition coefficient (Wildman–Crippen LogP) is 1.33. The summed E-state index contributed by atoms with van der Waals surface area (Å²) in [7, 11) is 0. The Bertz CT molecular complexity index is 212. The van der Waals surface area contributed by atoms with Crippen molar-refractivity contribution in [3.05, 3.63) is 0 Å². The Morgan fingerprint density at radius 2 is 1.00 bits per heavy atom. The van der Waals surface area contributed by atoms with Crippen LogP contribution in [0.3, 0.4) is 0 Å². The minimum atomic E-state index is 0. The molecule has 0 heterocycles. The van der Waals surface area contributed by atoms with Gasteiger partial charge in [0.1, 0.15) is 0 Å². The average Bonchev–Trinajstić information content (AvgIpc) is 2.33. The van der Waals surface area contributed by atoms with Crippen LogP contribution in [0.25, 0.3) is 0 Å². The number of nitrogens with one attached hydrogen (secondary N) is 2. The minimum absolute atomic E-state index is 0. The van der Waals surface area contributed by atoms with E-state index in [-0.39, 0.29) is 27.3 Å². The molecule has 0 aliphatic heterocycles. The first-order valence-corrected chi connectivity index (χ1v) is 7.49. The van der Waals surface area contributed by atoms with Gasteiger partial charge < -0.3 is 60.5 Å². The summed E-state index contributed by atoms with van der Waals surface area (Å²) in [4.78, 5) is 0. The van der Waals surface area contributed by atoms with Crippen LogP contribution in [0.2, 0.25) is 0 Å². The molecule has 0 aromatic heterocycles. The van der Waals surface area contributed by atoms with E-state index in [1.54, 1.807) is 0 Å². The van der Waals surface area contributed by atoms with E-state index >= 15 is 0 Å². The Hall–Kier alpha value is 1.06. The Kier molecular flexibility index (Phi) is 22.6. The van der Waals surface area contributed by atoms with Crippen molar-refractivity contribution in [2.75, 3.05) is 26.2 Å². The van der Waals surface area contributed by atoms with Gasteiger partial charge in [0.05, 0.1) is 0 Å². The van der Waals surface area contributed by atoms with Crippen molar-refractivity contribution < 1.29 is 27.3 Å². The van der Waals surface area contributed by atoms with E-state index in [0.717, 1.165) is 26.2 Å². The van der Waals surface area contributed by atoms with E-state index in [4.69, 9.17) is 0 Å². The monoisotopic (exact) mass is 440 g/mol. The number of hydrogen-bond acceptors (Lipinski definition) is 6. The number of rotatable bonds is 6. The van der Waals surface area contributed by atoms with Crippen molar-refractivity contribution in [1.82, 2.24) is 20.9 Å². The molecular formula is C10H22CdN4S4. The van der Waals surface area contributed by atoms with Crippen molar-refractivity contribution in [2.24, 2.45) is 0 Å². The molecule has 0 bridgehead atoms. The Balaban J connectivity index is -0.000000256. The molecule has 0 aliphatic rings. The zero-order valence-electron chi connectivity index (χ0n) is 12.1. The smallest absolute Gasteiger partial charge is 0.410 e. The molecule has 0 saturated heterocycles. The second kappa shape index (κ2) is 17.1. The van der Waals surface area contributed by atoms with Gasteiger partial charge in [0, 0.05) is 26.2 Å². The molecule has 0 aliphatic carbocycles. The third kappa shape index (κ3) is 19.1. The van der Waals surface area contributed by atoms with Crippen LogP contribution in [-0.2, 0) is 52.6 Å². The third-order valence-corrected chi connectivity index (χ3v) is 2.39. The first kappa shape index (κ1) is 25.0. The molecule has 0 aromatic carbocycles. The molecular weight excluding hydrogens is 417 g/mol. The van der Waals surface area contributed by atoms with Gasteiger partial charge in [0.15, 0.2) is 0 Å². The number of nitrogens with zero attached hydrogens (tertiary/aromatic N) is 2. The van der Waals surface area contributed by atoms with E-state index in [2.05, 4.69) is 60.5 Å². The zero-order chi connectivity index (χ0) is 14.6. The van der Waals surface area contributed by atoms with Crippen LogP contribution in [-0.4, -0.2) is 44.8 Å². The Morgan fingerprint density at radius 1 is 0.789 bits per heavy atom. The summed E-state index contributed by atoms with van der Waals surface area (Å²) in [5.74, 6) is 0. The van der Waals surface area contributed by atoms with Gasteiger partial charge in [-0.2, -0.15) is 0 Å². The van der Waals surface area contributed by atoms with Crippen molar-refractivity contribution >= 4 is 58.3 Å². The Morgan fingerprint density at radius 3 is 1.05 bits per heavy atom. The molecule has 19 heavy (non-hydrogen) atoms. The Labute approximate surface area is 159 Å². The fourth-order valence-electron chi connectivity index (χ4n) is 1.02. The molecule has 0 unspecified atom stereocenters. The molecule has 0 amide bonds. The van der Waals surface area contributed by atoms with Crippen LogP contribution >= 0.6 is 24.4 Å². The summed E-state index contributed by atoms with van der Waals surface area (Å²) in [6.07, 6.45) is 0. The number of thiocarbonyl (C=S) groups is 2. The molecule has 2 N–H and O–H groups in total. The van der Waals surface area contributed by atoms with Crippen molar-refractivity contribution in [3.63, 3.8) is 0 Å². The van der Waals surface area contributed by atoms with Crippen molar-refractivity contribution in [3.8, 4) is 0 Å². The van der Waals surface area contributed by atoms with E-state index in [1.807, 2.05) is 37.7 Å². The fraction of sp³-hybridized carbons (Fsp3) is 0.800.